The third-order valence-corrected chi connectivity index (χ3v) is 0.499. The molecule has 0 rings (SSSR count). The second-order valence-corrected chi connectivity index (χ2v) is 1.13. The zero-order valence-electron chi connectivity index (χ0n) is 7.00. The Labute approximate surface area is 73.4 Å². The van der Waals surface area contributed by atoms with Crippen LogP contribution in [0.5, 0.6) is 0 Å². The summed E-state index contributed by atoms with van der Waals surface area (Å²) in [6.45, 7) is 6.65. The van der Waals surface area contributed by atoms with Crippen LogP contribution in [0.4, 0.5) is 4.79 Å². The summed E-state index contributed by atoms with van der Waals surface area (Å²) >= 11 is 0. The predicted octanol–water partition coefficient (Wildman–Crippen LogP) is -1.41. The van der Waals surface area contributed by atoms with Crippen LogP contribution >= 0.6 is 0 Å². The van der Waals surface area contributed by atoms with Crippen LogP contribution in [0, 0.1) is 0 Å². The Hall–Kier alpha value is -0.653. The van der Waals surface area contributed by atoms with Crippen molar-refractivity contribution in [2.45, 2.75) is 0 Å². The Morgan fingerprint density at radius 2 is 2.20 bits per heavy atom. The molecule has 0 aromatic carbocycles. The van der Waals surface area contributed by atoms with Crippen molar-refractivity contribution in [3.63, 3.8) is 0 Å². The van der Waals surface area contributed by atoms with Gasteiger partial charge in [-0.25, -0.2) is 4.79 Å². The van der Waals surface area contributed by atoms with Gasteiger partial charge in [0.25, 0.3) is 0 Å². The first-order valence-corrected chi connectivity index (χ1v) is 2.36. The number of carbonyl (C=O) groups is 1. The molecule has 0 aliphatic carbocycles. The molecular weight excluding hydrogens is 127 g/mol. The molecule has 0 unspecified atom stereocenters. The Bertz CT molecular complexity index is 127. The summed E-state index contributed by atoms with van der Waals surface area (Å²) in [5.74, 6) is 0. The first kappa shape index (κ1) is 12.1. The molecule has 0 atom stereocenters. The Balaban J connectivity index is -0.000000320. The molecule has 0 saturated carbocycles. The van der Waals surface area contributed by atoms with Crippen LogP contribution in [-0.2, 0) is 9.47 Å². The molecule has 0 aliphatic heterocycles. The minimum absolute atomic E-state index is 0. The van der Waals surface area contributed by atoms with Gasteiger partial charge in [-0.15, -0.1) is 0 Å². The molecule has 0 heterocycles. The van der Waals surface area contributed by atoms with Crippen molar-refractivity contribution in [3.8, 4) is 0 Å². The molecule has 0 fully saturated rings. The summed E-state index contributed by atoms with van der Waals surface area (Å²) in [6.07, 6.45) is 1.69. The van der Waals surface area contributed by atoms with Crippen molar-refractivity contribution < 1.29 is 34.6 Å². The summed E-state index contributed by atoms with van der Waals surface area (Å²) in [5.41, 5.74) is 0. The van der Waals surface area contributed by atoms with Crippen LogP contribution < -0.4 is 18.9 Å². The van der Waals surface area contributed by atoms with Crippen LogP contribution in [0.2, 0.25) is 0 Å². The second-order valence-electron chi connectivity index (χ2n) is 1.13. The Morgan fingerprint density at radius 1 is 1.60 bits per heavy atom. The van der Waals surface area contributed by atoms with Crippen LogP contribution in [0.25, 0.3) is 0 Å². The Kier molecular flexibility index (Phi) is 10.1. The quantitative estimate of drug-likeness (QED) is 0.207. The van der Waals surface area contributed by atoms with E-state index in [2.05, 4.69) is 22.6 Å². The molecule has 0 bridgehead atoms. The molecule has 3 nitrogen and oxygen atoms in total. The zero-order chi connectivity index (χ0) is 7.11. The minimum atomic E-state index is -0.759. The van der Waals surface area contributed by atoms with Gasteiger partial charge in [0, 0.05) is 0 Å². The van der Waals surface area contributed by atoms with Gasteiger partial charge in [-0.1, -0.05) is 19.2 Å². The van der Waals surface area contributed by atoms with Crippen LogP contribution in [0.3, 0.4) is 0 Å². The van der Waals surface area contributed by atoms with E-state index in [1.54, 1.807) is 0 Å². The number of rotatable bonds is 3. The first-order valence-electron chi connectivity index (χ1n) is 2.36. The molecule has 0 saturated heterocycles. The molecule has 0 spiro atoms. The number of carbonyl (C=O) groups excluding carboxylic acids is 1. The van der Waals surface area contributed by atoms with Crippen molar-refractivity contribution in [1.82, 2.24) is 0 Å². The van der Waals surface area contributed by atoms with Gasteiger partial charge in [0.2, 0.25) is 0 Å². The molecule has 0 amide bonds. The van der Waals surface area contributed by atoms with Gasteiger partial charge in [-0.3, -0.25) is 0 Å². The van der Waals surface area contributed by atoms with Gasteiger partial charge in [0.1, 0.15) is 6.61 Å². The largest absolute Gasteiger partial charge is 1.00 e. The third-order valence-electron chi connectivity index (χ3n) is 0.499. The first-order chi connectivity index (χ1) is 4.31. The SMILES string of the molecule is C=CCOC(=O)OC=C.[H-].[Li+]. The molecule has 52 valence electrons. The summed E-state index contributed by atoms with van der Waals surface area (Å²) in [7, 11) is 0. The summed E-state index contributed by atoms with van der Waals surface area (Å²) in [5, 5.41) is 0. The number of hydrogen-bond donors (Lipinski definition) is 0. The van der Waals surface area contributed by atoms with E-state index in [-0.39, 0.29) is 26.9 Å². The minimum Gasteiger partial charge on any atom is -1.00 e. The van der Waals surface area contributed by atoms with E-state index in [4.69, 9.17) is 0 Å². The fourth-order valence-corrected chi connectivity index (χ4v) is 0.229. The summed E-state index contributed by atoms with van der Waals surface area (Å²) in [6, 6.07) is 0. The fraction of sp³-hybridized carbons (Fsp3) is 0.167. The van der Waals surface area contributed by atoms with Gasteiger partial charge in [-0.2, -0.15) is 0 Å². The second kappa shape index (κ2) is 8.35. The maximum atomic E-state index is 10.2. The maximum absolute atomic E-state index is 10.2. The average Bonchev–Trinajstić information content (AvgIpc) is 1.85. The van der Waals surface area contributed by atoms with Crippen molar-refractivity contribution in [2.75, 3.05) is 6.61 Å². The summed E-state index contributed by atoms with van der Waals surface area (Å²) in [4.78, 5) is 10.2. The van der Waals surface area contributed by atoms with Gasteiger partial charge in [-0.05, 0) is 0 Å². The van der Waals surface area contributed by atoms with Crippen LogP contribution in [-0.4, -0.2) is 12.8 Å². The molecule has 0 aromatic heterocycles. The van der Waals surface area contributed by atoms with Gasteiger partial charge < -0.3 is 10.9 Å². The smallest absolute Gasteiger partial charge is 1.00 e. The normalized spacial score (nSPS) is 6.80. The number of hydrogen-bond acceptors (Lipinski definition) is 3. The fourth-order valence-electron chi connectivity index (χ4n) is 0.229. The molecule has 4 heteroatoms. The van der Waals surface area contributed by atoms with E-state index in [0.29, 0.717) is 0 Å². The molecule has 10 heavy (non-hydrogen) atoms. The van der Waals surface area contributed by atoms with Crippen LogP contribution in [0.1, 0.15) is 1.43 Å². The zero-order valence-corrected chi connectivity index (χ0v) is 6.00. The van der Waals surface area contributed by atoms with E-state index in [9.17, 15) is 4.79 Å². The third kappa shape index (κ3) is 7.35. The van der Waals surface area contributed by atoms with E-state index < -0.39 is 6.16 Å². The van der Waals surface area contributed by atoms with Crippen molar-refractivity contribution >= 4 is 6.16 Å². The van der Waals surface area contributed by atoms with Gasteiger partial charge >= 0.3 is 25.0 Å². The van der Waals surface area contributed by atoms with E-state index in [1.807, 2.05) is 0 Å². The molecule has 0 aromatic rings. The van der Waals surface area contributed by atoms with Gasteiger partial charge in [0.15, 0.2) is 0 Å². The summed E-state index contributed by atoms with van der Waals surface area (Å²) < 4.78 is 8.58. The van der Waals surface area contributed by atoms with Crippen molar-refractivity contribution in [3.05, 3.63) is 25.5 Å². The molecular formula is C6H9LiO3. The van der Waals surface area contributed by atoms with Crippen molar-refractivity contribution in [2.24, 2.45) is 0 Å². The monoisotopic (exact) mass is 136 g/mol. The molecule has 0 radical (unpaired) electrons. The van der Waals surface area contributed by atoms with Crippen molar-refractivity contribution in [1.29, 1.82) is 0 Å². The molecule has 0 aliphatic rings. The number of ether oxygens (including phenoxy) is 2. The van der Waals surface area contributed by atoms with E-state index in [0.717, 1.165) is 6.26 Å². The molecule has 0 N–H and O–H groups in total. The standard InChI is InChI=1S/C6H8O3.Li.H/c1-3-5-9-6(7)8-4-2;;/h3-4H,1-2,5H2;;/q;+1;-1. The van der Waals surface area contributed by atoms with Crippen LogP contribution in [0.15, 0.2) is 25.5 Å². The van der Waals surface area contributed by atoms with E-state index in [1.165, 1.54) is 6.08 Å². The van der Waals surface area contributed by atoms with Gasteiger partial charge in [0.05, 0.1) is 6.26 Å². The predicted molar refractivity (Wildman–Crippen MR) is 33.9 cm³/mol. The Morgan fingerprint density at radius 3 is 2.60 bits per heavy atom. The topological polar surface area (TPSA) is 35.5 Å². The van der Waals surface area contributed by atoms with E-state index >= 15 is 0 Å². The average molecular weight is 136 g/mol. The maximum Gasteiger partial charge on any atom is 1.00 e.